The van der Waals surface area contributed by atoms with Crippen LogP contribution in [0.5, 0.6) is 0 Å². The fraction of sp³-hybridized carbons (Fsp3) is 0.538. The van der Waals surface area contributed by atoms with E-state index in [1.807, 2.05) is 0 Å². The van der Waals surface area contributed by atoms with E-state index in [2.05, 4.69) is 17.2 Å². The molecule has 0 aromatic heterocycles. The first-order valence-electron chi connectivity index (χ1n) is 6.68. The lowest BCUT2D eigenvalue weighted by atomic mass is 9.84. The molecule has 0 aromatic carbocycles. The van der Waals surface area contributed by atoms with E-state index in [1.54, 1.807) is 13.1 Å². The van der Waals surface area contributed by atoms with Crippen LogP contribution >= 0.6 is 0 Å². The van der Waals surface area contributed by atoms with Gasteiger partial charge in [0.15, 0.2) is 0 Å². The molecule has 2 rings (SSSR count). The number of nitrogens with two attached hydrogens (primary N) is 2. The summed E-state index contributed by atoms with van der Waals surface area (Å²) >= 11 is 0. The minimum atomic E-state index is -0.320. The van der Waals surface area contributed by atoms with Gasteiger partial charge in [0.1, 0.15) is 6.10 Å². The van der Waals surface area contributed by atoms with Crippen LogP contribution in [0, 0.1) is 5.92 Å². The van der Waals surface area contributed by atoms with Gasteiger partial charge in [-0.25, -0.2) is 21.3 Å². The summed E-state index contributed by atoms with van der Waals surface area (Å²) in [6.07, 6.45) is 4.84. The summed E-state index contributed by atoms with van der Waals surface area (Å²) in [7, 11) is 0. The Bertz CT molecular complexity index is 463. The van der Waals surface area contributed by atoms with Gasteiger partial charge in [-0.05, 0) is 32.6 Å². The molecule has 7 nitrogen and oxygen atoms in total. The SMILES string of the molecule is C=C(C)C(=O)OC1CCC(C2=C(N)C=NNN2N)CC1. The van der Waals surface area contributed by atoms with Crippen LogP contribution in [-0.2, 0) is 9.53 Å². The number of carbonyl (C=O) groups excluding carboxylic acids is 1. The minimum Gasteiger partial charge on any atom is -0.459 e. The quantitative estimate of drug-likeness (QED) is 0.395. The average Bonchev–Trinajstić information content (AvgIpc) is 2.40. The summed E-state index contributed by atoms with van der Waals surface area (Å²) < 4.78 is 5.37. The van der Waals surface area contributed by atoms with Crippen molar-refractivity contribution in [1.29, 1.82) is 0 Å². The minimum absolute atomic E-state index is 0.0475. The van der Waals surface area contributed by atoms with Gasteiger partial charge in [-0.2, -0.15) is 5.10 Å². The van der Waals surface area contributed by atoms with E-state index in [4.69, 9.17) is 16.3 Å². The molecule has 0 unspecified atom stereocenters. The number of nitrogens with one attached hydrogen (secondary N) is 1. The monoisotopic (exact) mass is 279 g/mol. The van der Waals surface area contributed by atoms with E-state index in [1.165, 1.54) is 5.12 Å². The van der Waals surface area contributed by atoms with Crippen molar-refractivity contribution in [3.63, 3.8) is 0 Å². The van der Waals surface area contributed by atoms with Crippen molar-refractivity contribution in [2.75, 3.05) is 0 Å². The number of hydrogen-bond donors (Lipinski definition) is 3. The van der Waals surface area contributed by atoms with Crippen LogP contribution < -0.4 is 17.1 Å². The van der Waals surface area contributed by atoms with E-state index in [9.17, 15) is 4.79 Å². The first kappa shape index (κ1) is 14.4. The molecule has 0 aromatic rings. The van der Waals surface area contributed by atoms with Crippen LogP contribution in [0.3, 0.4) is 0 Å². The molecule has 5 N–H and O–H groups in total. The van der Waals surface area contributed by atoms with Gasteiger partial charge < -0.3 is 10.5 Å². The largest absolute Gasteiger partial charge is 0.459 e. The summed E-state index contributed by atoms with van der Waals surface area (Å²) in [4.78, 5) is 11.5. The number of allylic oxidation sites excluding steroid dienone is 2. The summed E-state index contributed by atoms with van der Waals surface area (Å²) in [5.41, 5.74) is 10.5. The third-order valence-electron chi connectivity index (χ3n) is 3.61. The predicted octanol–water partition coefficient (Wildman–Crippen LogP) is 0.515. The molecule has 110 valence electrons. The van der Waals surface area contributed by atoms with Gasteiger partial charge in [-0.15, -0.1) is 0 Å². The van der Waals surface area contributed by atoms with Gasteiger partial charge in [0.25, 0.3) is 0 Å². The highest BCUT2D eigenvalue weighted by Gasteiger charge is 2.30. The highest BCUT2D eigenvalue weighted by molar-refractivity contribution is 5.87. The molecule has 1 fully saturated rings. The van der Waals surface area contributed by atoms with Crippen LogP contribution in [-0.4, -0.2) is 23.4 Å². The van der Waals surface area contributed by atoms with Gasteiger partial charge in [-0.3, -0.25) is 0 Å². The Morgan fingerprint density at radius 3 is 2.70 bits per heavy atom. The first-order valence-corrected chi connectivity index (χ1v) is 6.68. The molecule has 1 saturated carbocycles. The number of carbonyl (C=O) groups is 1. The second-order valence-corrected chi connectivity index (χ2v) is 5.23. The third-order valence-corrected chi connectivity index (χ3v) is 3.61. The first-order chi connectivity index (χ1) is 9.49. The van der Waals surface area contributed by atoms with Crippen LogP contribution in [0.2, 0.25) is 0 Å². The number of esters is 1. The average molecular weight is 279 g/mol. The number of nitrogens with zero attached hydrogens (tertiary/aromatic N) is 2. The fourth-order valence-electron chi connectivity index (χ4n) is 2.56. The molecule has 0 atom stereocenters. The number of rotatable bonds is 3. The molecule has 2 aliphatic rings. The molecule has 0 spiro atoms. The molecule has 1 heterocycles. The molecule has 1 aliphatic carbocycles. The second-order valence-electron chi connectivity index (χ2n) is 5.23. The number of hydrazine groups is 2. The lowest BCUT2D eigenvalue weighted by Gasteiger charge is -2.34. The molecule has 1 aliphatic heterocycles. The standard InChI is InChI=1S/C13H21N5O2/c1-8(2)13(19)20-10-5-3-9(4-6-10)12-11(14)7-16-17-18(12)15/h7,9-10,17H,1,3-6,14-15H2,2H3. The highest BCUT2D eigenvalue weighted by atomic mass is 16.5. The van der Waals surface area contributed by atoms with Crippen molar-refractivity contribution < 1.29 is 9.53 Å². The zero-order valence-electron chi connectivity index (χ0n) is 11.6. The van der Waals surface area contributed by atoms with Gasteiger partial charge >= 0.3 is 5.97 Å². The summed E-state index contributed by atoms with van der Waals surface area (Å²) in [5.74, 6) is 5.76. The van der Waals surface area contributed by atoms with Gasteiger partial charge in [0.2, 0.25) is 0 Å². The van der Waals surface area contributed by atoms with Crippen LogP contribution in [0.4, 0.5) is 0 Å². The Morgan fingerprint density at radius 2 is 2.15 bits per heavy atom. The molecule has 0 amide bonds. The van der Waals surface area contributed by atoms with Crippen molar-refractivity contribution in [3.05, 3.63) is 23.5 Å². The van der Waals surface area contributed by atoms with Crippen LogP contribution in [0.25, 0.3) is 0 Å². The molecular weight excluding hydrogens is 258 g/mol. The van der Waals surface area contributed by atoms with Crippen molar-refractivity contribution in [2.24, 2.45) is 22.6 Å². The zero-order valence-corrected chi connectivity index (χ0v) is 11.6. The van der Waals surface area contributed by atoms with Crippen molar-refractivity contribution in [2.45, 2.75) is 38.7 Å². The van der Waals surface area contributed by atoms with Crippen molar-refractivity contribution in [3.8, 4) is 0 Å². The Kier molecular flexibility index (Phi) is 4.29. The topological polar surface area (TPSA) is 106 Å². The van der Waals surface area contributed by atoms with Gasteiger partial charge in [-0.1, -0.05) is 6.58 Å². The fourth-order valence-corrected chi connectivity index (χ4v) is 2.56. The molecular formula is C13H21N5O2. The number of ether oxygens (including phenoxy) is 1. The highest BCUT2D eigenvalue weighted by Crippen LogP contribution is 2.33. The van der Waals surface area contributed by atoms with Crippen LogP contribution in [0.1, 0.15) is 32.6 Å². The molecule has 0 bridgehead atoms. The smallest absolute Gasteiger partial charge is 0.333 e. The Morgan fingerprint density at radius 1 is 1.50 bits per heavy atom. The van der Waals surface area contributed by atoms with Crippen molar-refractivity contribution in [1.82, 2.24) is 10.7 Å². The summed E-state index contributed by atoms with van der Waals surface area (Å²) in [5, 5.41) is 5.18. The van der Waals surface area contributed by atoms with E-state index in [-0.39, 0.29) is 18.0 Å². The maximum absolute atomic E-state index is 11.5. The molecule has 0 saturated heterocycles. The van der Waals surface area contributed by atoms with Gasteiger partial charge in [0, 0.05) is 11.5 Å². The van der Waals surface area contributed by atoms with E-state index in [0.29, 0.717) is 11.3 Å². The summed E-state index contributed by atoms with van der Waals surface area (Å²) in [6.45, 7) is 5.24. The maximum atomic E-state index is 11.5. The van der Waals surface area contributed by atoms with Crippen LogP contribution in [0.15, 0.2) is 28.6 Å². The van der Waals surface area contributed by atoms with E-state index in [0.717, 1.165) is 31.4 Å². The lowest BCUT2D eigenvalue weighted by Crippen LogP contribution is -2.46. The third kappa shape index (κ3) is 3.11. The predicted molar refractivity (Wildman–Crippen MR) is 75.5 cm³/mol. The molecule has 0 radical (unpaired) electrons. The molecule has 20 heavy (non-hydrogen) atoms. The number of hydrogen-bond acceptors (Lipinski definition) is 7. The Hall–Kier alpha value is -2.02. The number of hydrazone groups is 1. The second kappa shape index (κ2) is 5.96. The summed E-state index contributed by atoms with van der Waals surface area (Å²) in [6, 6.07) is 0. The molecule has 7 heteroatoms. The Balaban J connectivity index is 1.93. The normalized spacial score (nSPS) is 26.2. The lowest BCUT2D eigenvalue weighted by molar-refractivity contribution is -0.146. The van der Waals surface area contributed by atoms with Gasteiger partial charge in [0.05, 0.1) is 17.6 Å². The zero-order chi connectivity index (χ0) is 14.7. The Labute approximate surface area is 118 Å². The van der Waals surface area contributed by atoms with E-state index >= 15 is 0 Å². The maximum Gasteiger partial charge on any atom is 0.333 e. The van der Waals surface area contributed by atoms with Crippen molar-refractivity contribution >= 4 is 12.2 Å². The van der Waals surface area contributed by atoms with E-state index < -0.39 is 0 Å².